The summed E-state index contributed by atoms with van der Waals surface area (Å²) in [6.45, 7) is 2.27. The monoisotopic (exact) mass is 434 g/mol. The molecule has 5 nitrogen and oxygen atoms in total. The third-order valence-corrected chi connectivity index (χ3v) is 5.77. The van der Waals surface area contributed by atoms with E-state index < -0.39 is 17.3 Å². The fourth-order valence-corrected chi connectivity index (χ4v) is 4.32. The van der Waals surface area contributed by atoms with Gasteiger partial charge >= 0.3 is 6.18 Å². The van der Waals surface area contributed by atoms with E-state index in [4.69, 9.17) is 9.47 Å². The van der Waals surface area contributed by atoms with Gasteiger partial charge in [-0.15, -0.1) is 0 Å². The number of nitrogens with one attached hydrogen (secondary N) is 1. The lowest BCUT2D eigenvalue weighted by molar-refractivity contribution is -0.137. The van der Waals surface area contributed by atoms with E-state index in [2.05, 4.69) is 5.32 Å². The van der Waals surface area contributed by atoms with Gasteiger partial charge in [-0.3, -0.25) is 9.69 Å². The number of hydrogen-bond donors (Lipinski definition) is 1. The Labute approximate surface area is 179 Å². The van der Waals surface area contributed by atoms with Crippen LogP contribution in [-0.4, -0.2) is 48.8 Å². The first-order valence-electron chi connectivity index (χ1n) is 10.3. The van der Waals surface area contributed by atoms with Crippen LogP contribution in [-0.2, 0) is 27.1 Å². The zero-order valence-corrected chi connectivity index (χ0v) is 17.0. The van der Waals surface area contributed by atoms with Crippen LogP contribution in [0.1, 0.15) is 24.0 Å². The molecule has 1 spiro atoms. The van der Waals surface area contributed by atoms with Crippen LogP contribution in [0.5, 0.6) is 0 Å². The minimum Gasteiger partial charge on any atom is -0.371 e. The molecule has 0 aromatic heterocycles. The molecule has 31 heavy (non-hydrogen) atoms. The normalized spacial score (nSPS) is 24.0. The number of ether oxygens (including phenoxy) is 2. The molecule has 2 fully saturated rings. The quantitative estimate of drug-likeness (QED) is 0.744. The Morgan fingerprint density at radius 3 is 2.71 bits per heavy atom. The van der Waals surface area contributed by atoms with Crippen molar-refractivity contribution in [2.24, 2.45) is 0 Å². The van der Waals surface area contributed by atoms with E-state index in [1.165, 1.54) is 12.1 Å². The van der Waals surface area contributed by atoms with Crippen molar-refractivity contribution in [3.63, 3.8) is 0 Å². The smallest absolute Gasteiger partial charge is 0.371 e. The number of nitrogens with zero attached hydrogens (tertiary/aromatic N) is 1. The first-order chi connectivity index (χ1) is 14.8. The Bertz CT molecular complexity index is 898. The average Bonchev–Trinajstić information content (AvgIpc) is 3.33. The third-order valence-electron chi connectivity index (χ3n) is 5.77. The topological polar surface area (TPSA) is 50.8 Å². The number of anilines is 1. The molecule has 2 atom stereocenters. The molecule has 0 unspecified atom stereocenters. The van der Waals surface area contributed by atoms with Gasteiger partial charge in [0.2, 0.25) is 5.91 Å². The van der Waals surface area contributed by atoms with Gasteiger partial charge in [-0.25, -0.2) is 0 Å². The average molecular weight is 434 g/mol. The number of alkyl halides is 3. The molecular formula is C23H25F3N2O3. The summed E-state index contributed by atoms with van der Waals surface area (Å²) in [5, 5.41) is 2.57. The number of carbonyl (C=O) groups excluding carboxylic acids is 1. The molecule has 2 saturated heterocycles. The summed E-state index contributed by atoms with van der Waals surface area (Å²) in [6, 6.07) is 14.5. The molecule has 0 saturated carbocycles. The molecule has 2 aromatic carbocycles. The second-order valence-corrected chi connectivity index (χ2v) is 8.10. The molecule has 2 aliphatic heterocycles. The molecule has 0 radical (unpaired) electrons. The second-order valence-electron chi connectivity index (χ2n) is 8.10. The van der Waals surface area contributed by atoms with E-state index in [0.29, 0.717) is 26.3 Å². The largest absolute Gasteiger partial charge is 0.416 e. The SMILES string of the molecule is O=C(CN1C[C@H](OCc2ccccc2)[C@]2(CCCO2)C1)Nc1cccc(C(F)(F)F)c1. The number of benzene rings is 2. The molecule has 0 bridgehead atoms. The molecule has 2 aromatic rings. The maximum atomic E-state index is 12.9. The van der Waals surface area contributed by atoms with Crippen molar-refractivity contribution < 1.29 is 27.4 Å². The maximum Gasteiger partial charge on any atom is 0.416 e. The maximum absolute atomic E-state index is 12.9. The molecule has 1 N–H and O–H groups in total. The summed E-state index contributed by atoms with van der Waals surface area (Å²) in [6.07, 6.45) is -2.82. The second kappa shape index (κ2) is 8.98. The van der Waals surface area contributed by atoms with Gasteiger partial charge in [0, 0.05) is 25.4 Å². The lowest BCUT2D eigenvalue weighted by Crippen LogP contribution is -2.42. The Balaban J connectivity index is 1.37. The minimum atomic E-state index is -4.45. The summed E-state index contributed by atoms with van der Waals surface area (Å²) in [5.74, 6) is -0.365. The number of halogens is 3. The standard InChI is InChI=1S/C23H25F3N2O3/c24-23(25,26)18-8-4-9-19(12-18)27-21(29)14-28-13-20(22(16-28)10-5-11-31-22)30-15-17-6-2-1-3-7-17/h1-4,6-9,12,20H,5,10-11,13-16H2,(H,27,29)/t20-,22-/m0/s1. The third kappa shape index (κ3) is 5.26. The van der Waals surface area contributed by atoms with E-state index in [0.717, 1.165) is 30.5 Å². The Morgan fingerprint density at radius 2 is 2.00 bits per heavy atom. The van der Waals surface area contributed by atoms with Crippen LogP contribution < -0.4 is 5.32 Å². The number of rotatable bonds is 6. The van der Waals surface area contributed by atoms with Gasteiger partial charge in [-0.2, -0.15) is 13.2 Å². The van der Waals surface area contributed by atoms with Crippen LogP contribution in [0.4, 0.5) is 18.9 Å². The van der Waals surface area contributed by atoms with E-state index in [9.17, 15) is 18.0 Å². The van der Waals surface area contributed by atoms with Gasteiger partial charge in [-0.1, -0.05) is 36.4 Å². The lowest BCUT2D eigenvalue weighted by atomic mass is 9.96. The molecular weight excluding hydrogens is 409 g/mol. The highest BCUT2D eigenvalue weighted by molar-refractivity contribution is 5.92. The number of hydrogen-bond acceptors (Lipinski definition) is 4. The summed E-state index contributed by atoms with van der Waals surface area (Å²) in [7, 11) is 0. The van der Waals surface area contributed by atoms with Crippen molar-refractivity contribution in [1.82, 2.24) is 4.90 Å². The van der Waals surface area contributed by atoms with Crippen molar-refractivity contribution >= 4 is 11.6 Å². The van der Waals surface area contributed by atoms with Crippen LogP contribution in [0.15, 0.2) is 54.6 Å². The molecule has 8 heteroatoms. The predicted molar refractivity (Wildman–Crippen MR) is 109 cm³/mol. The summed E-state index contributed by atoms with van der Waals surface area (Å²) in [4.78, 5) is 14.5. The van der Waals surface area contributed by atoms with Crippen LogP contribution in [0.3, 0.4) is 0 Å². The van der Waals surface area contributed by atoms with Crippen LogP contribution in [0.25, 0.3) is 0 Å². The Kier molecular flexibility index (Phi) is 6.31. The fourth-order valence-electron chi connectivity index (χ4n) is 4.32. The van der Waals surface area contributed by atoms with Crippen molar-refractivity contribution in [2.45, 2.75) is 37.3 Å². The van der Waals surface area contributed by atoms with Crippen LogP contribution >= 0.6 is 0 Å². The van der Waals surface area contributed by atoms with Crippen molar-refractivity contribution in [2.75, 3.05) is 31.6 Å². The van der Waals surface area contributed by atoms with E-state index >= 15 is 0 Å². The van der Waals surface area contributed by atoms with E-state index in [1.54, 1.807) is 0 Å². The van der Waals surface area contributed by atoms with Crippen molar-refractivity contribution in [3.05, 3.63) is 65.7 Å². The highest BCUT2D eigenvalue weighted by Crippen LogP contribution is 2.37. The van der Waals surface area contributed by atoms with Gasteiger partial charge in [0.15, 0.2) is 0 Å². The summed E-state index contributed by atoms with van der Waals surface area (Å²) >= 11 is 0. The van der Waals surface area contributed by atoms with Gasteiger partial charge in [-0.05, 0) is 36.6 Å². The van der Waals surface area contributed by atoms with Crippen LogP contribution in [0, 0.1) is 0 Å². The zero-order chi connectivity index (χ0) is 21.9. The molecule has 2 heterocycles. The number of likely N-dealkylation sites (tertiary alicyclic amines) is 1. The predicted octanol–water partition coefficient (Wildman–Crippen LogP) is 4.09. The fraction of sp³-hybridized carbons (Fsp3) is 0.435. The van der Waals surface area contributed by atoms with Gasteiger partial charge in [0.1, 0.15) is 11.7 Å². The molecule has 166 valence electrons. The summed E-state index contributed by atoms with van der Waals surface area (Å²) < 4.78 is 50.9. The molecule has 4 rings (SSSR count). The van der Waals surface area contributed by atoms with E-state index in [1.807, 2.05) is 35.2 Å². The summed E-state index contributed by atoms with van der Waals surface area (Å²) in [5.41, 5.74) is -0.0380. The molecule has 2 aliphatic rings. The van der Waals surface area contributed by atoms with Crippen LogP contribution in [0.2, 0.25) is 0 Å². The lowest BCUT2D eigenvalue weighted by Gasteiger charge is -2.29. The highest BCUT2D eigenvalue weighted by atomic mass is 19.4. The van der Waals surface area contributed by atoms with Crippen molar-refractivity contribution in [3.8, 4) is 0 Å². The molecule has 0 aliphatic carbocycles. The highest BCUT2D eigenvalue weighted by Gasteiger charge is 2.50. The Morgan fingerprint density at radius 1 is 1.19 bits per heavy atom. The number of carbonyl (C=O) groups is 1. The zero-order valence-electron chi connectivity index (χ0n) is 17.0. The minimum absolute atomic E-state index is 0.0621. The first-order valence-corrected chi connectivity index (χ1v) is 10.3. The first kappa shape index (κ1) is 21.8. The van der Waals surface area contributed by atoms with Gasteiger partial charge in [0.05, 0.1) is 18.7 Å². The van der Waals surface area contributed by atoms with Crippen molar-refractivity contribution in [1.29, 1.82) is 0 Å². The number of amides is 1. The van der Waals surface area contributed by atoms with Gasteiger partial charge in [0.25, 0.3) is 0 Å². The van der Waals surface area contributed by atoms with E-state index in [-0.39, 0.29) is 24.2 Å². The molecule has 1 amide bonds. The Hall–Kier alpha value is -2.42. The van der Waals surface area contributed by atoms with Gasteiger partial charge < -0.3 is 14.8 Å².